The van der Waals surface area contributed by atoms with E-state index in [0.29, 0.717) is 22.4 Å². The van der Waals surface area contributed by atoms with E-state index in [1.807, 2.05) is 13.8 Å². The summed E-state index contributed by atoms with van der Waals surface area (Å²) < 4.78 is 5.43. The molecule has 0 amide bonds. The number of carbonyl (C=O) groups excluding carboxylic acids is 1. The highest BCUT2D eigenvalue weighted by molar-refractivity contribution is 6.08. The Hall–Kier alpha value is -1.71. The van der Waals surface area contributed by atoms with Crippen molar-refractivity contribution < 1.29 is 19.7 Å². The molecule has 2 N–H and O–H groups in total. The first-order valence-electron chi connectivity index (χ1n) is 8.78. The van der Waals surface area contributed by atoms with Crippen molar-refractivity contribution in [3.63, 3.8) is 0 Å². The van der Waals surface area contributed by atoms with Gasteiger partial charge in [0.1, 0.15) is 5.75 Å². The third-order valence-corrected chi connectivity index (χ3v) is 6.24. The molecule has 0 aromatic heterocycles. The van der Waals surface area contributed by atoms with E-state index in [9.17, 15) is 15.0 Å². The summed E-state index contributed by atoms with van der Waals surface area (Å²) in [7, 11) is 1.49. The third-order valence-electron chi connectivity index (χ3n) is 6.24. The van der Waals surface area contributed by atoms with Crippen molar-refractivity contribution in [2.75, 3.05) is 7.11 Å². The topological polar surface area (TPSA) is 66.8 Å². The zero-order chi connectivity index (χ0) is 18.0. The fourth-order valence-corrected chi connectivity index (χ4v) is 5.38. The second kappa shape index (κ2) is 5.14. The molecule has 24 heavy (non-hydrogen) atoms. The van der Waals surface area contributed by atoms with Gasteiger partial charge in [0.2, 0.25) is 0 Å². The van der Waals surface area contributed by atoms with Gasteiger partial charge in [-0.15, -0.1) is 0 Å². The minimum atomic E-state index is -0.460. The SMILES string of the molecule is COc1c(O)c2c(c(O)c1C(C)C)C(=O)[C@H]1C(C)(C)CCC[C@@]21C. The van der Waals surface area contributed by atoms with Crippen molar-refractivity contribution in [3.05, 3.63) is 16.7 Å². The van der Waals surface area contributed by atoms with Crippen molar-refractivity contribution in [1.29, 1.82) is 0 Å². The molecule has 0 heterocycles. The maximum atomic E-state index is 13.3. The Balaban J connectivity index is 2.39. The molecular weight excluding hydrogens is 304 g/mol. The maximum absolute atomic E-state index is 13.3. The number of hydrogen-bond acceptors (Lipinski definition) is 4. The van der Waals surface area contributed by atoms with E-state index in [4.69, 9.17) is 4.74 Å². The van der Waals surface area contributed by atoms with Gasteiger partial charge in [-0.25, -0.2) is 0 Å². The summed E-state index contributed by atoms with van der Waals surface area (Å²) in [5.41, 5.74) is 0.803. The Bertz CT molecular complexity index is 717. The number of carbonyl (C=O) groups is 1. The highest BCUT2D eigenvalue weighted by Crippen LogP contribution is 2.64. The van der Waals surface area contributed by atoms with Crippen LogP contribution in [0, 0.1) is 11.3 Å². The smallest absolute Gasteiger partial charge is 0.171 e. The molecule has 0 bridgehead atoms. The van der Waals surface area contributed by atoms with Gasteiger partial charge in [0.25, 0.3) is 0 Å². The number of fused-ring (bicyclic) bond motifs is 3. The molecule has 3 rings (SSSR count). The molecule has 2 atom stereocenters. The van der Waals surface area contributed by atoms with Crippen LogP contribution < -0.4 is 4.74 Å². The van der Waals surface area contributed by atoms with Crippen LogP contribution >= 0.6 is 0 Å². The molecule has 0 saturated heterocycles. The Labute approximate surface area is 143 Å². The lowest BCUT2D eigenvalue weighted by molar-refractivity contribution is 0.0496. The standard InChI is InChI=1S/C20H28O4/c1-10(2)11-14(21)12-13(16(23)17(11)24-6)20(5)9-7-8-19(3,4)18(20)15(12)22/h10,18,21,23H,7-9H2,1-6H3/t18-,20-/m0/s1. The molecular formula is C20H28O4. The van der Waals surface area contributed by atoms with Crippen molar-refractivity contribution in [1.82, 2.24) is 0 Å². The van der Waals surface area contributed by atoms with Gasteiger partial charge < -0.3 is 14.9 Å². The van der Waals surface area contributed by atoms with Crippen LogP contribution in [0.25, 0.3) is 0 Å². The fourth-order valence-electron chi connectivity index (χ4n) is 5.38. The summed E-state index contributed by atoms with van der Waals surface area (Å²) in [5, 5.41) is 21.9. The van der Waals surface area contributed by atoms with Gasteiger partial charge in [0.05, 0.1) is 12.7 Å². The predicted molar refractivity (Wildman–Crippen MR) is 93.2 cm³/mol. The minimum absolute atomic E-state index is 0.00826. The van der Waals surface area contributed by atoms with Gasteiger partial charge >= 0.3 is 0 Å². The lowest BCUT2D eigenvalue weighted by Crippen LogP contribution is -2.44. The van der Waals surface area contributed by atoms with E-state index >= 15 is 0 Å². The van der Waals surface area contributed by atoms with Crippen LogP contribution in [0.3, 0.4) is 0 Å². The minimum Gasteiger partial charge on any atom is -0.507 e. The average molecular weight is 332 g/mol. The van der Waals surface area contributed by atoms with E-state index < -0.39 is 5.41 Å². The van der Waals surface area contributed by atoms with Crippen LogP contribution in [0.1, 0.15) is 81.3 Å². The summed E-state index contributed by atoms with van der Waals surface area (Å²) in [6.07, 6.45) is 2.81. The Morgan fingerprint density at radius 3 is 2.29 bits per heavy atom. The van der Waals surface area contributed by atoms with Crippen LogP contribution in [0.5, 0.6) is 17.2 Å². The number of hydrogen-bond donors (Lipinski definition) is 2. The first-order chi connectivity index (χ1) is 11.1. The largest absolute Gasteiger partial charge is 0.507 e. The van der Waals surface area contributed by atoms with Crippen LogP contribution in [-0.4, -0.2) is 23.1 Å². The number of Topliss-reactive ketones (excluding diaryl/α,β-unsaturated/α-hetero) is 1. The van der Waals surface area contributed by atoms with Gasteiger partial charge in [-0.2, -0.15) is 0 Å². The molecule has 4 nitrogen and oxygen atoms in total. The molecule has 1 saturated carbocycles. The Kier molecular flexibility index (Phi) is 3.67. The number of phenols is 2. The highest BCUT2D eigenvalue weighted by Gasteiger charge is 2.59. The molecule has 2 aliphatic rings. The predicted octanol–water partition coefficient (Wildman–Crippen LogP) is 4.51. The number of ether oxygens (including phenoxy) is 1. The van der Waals surface area contributed by atoms with E-state index in [1.165, 1.54) is 7.11 Å². The summed E-state index contributed by atoms with van der Waals surface area (Å²) in [4.78, 5) is 13.3. The zero-order valence-electron chi connectivity index (χ0n) is 15.5. The van der Waals surface area contributed by atoms with E-state index in [1.54, 1.807) is 0 Å². The Morgan fingerprint density at radius 2 is 1.75 bits per heavy atom. The molecule has 0 radical (unpaired) electrons. The van der Waals surface area contributed by atoms with Gasteiger partial charge in [-0.3, -0.25) is 4.79 Å². The molecule has 1 aromatic rings. The molecule has 132 valence electrons. The normalized spacial score (nSPS) is 28.0. The number of methoxy groups -OCH3 is 1. The van der Waals surface area contributed by atoms with Crippen LogP contribution in [0.2, 0.25) is 0 Å². The lowest BCUT2D eigenvalue weighted by atomic mass is 9.56. The van der Waals surface area contributed by atoms with Gasteiger partial charge in [-0.1, -0.05) is 41.0 Å². The molecule has 1 fully saturated rings. The van der Waals surface area contributed by atoms with E-state index in [2.05, 4.69) is 20.8 Å². The number of rotatable bonds is 2. The molecule has 1 aromatic carbocycles. The lowest BCUT2D eigenvalue weighted by Gasteiger charge is -2.46. The summed E-state index contributed by atoms with van der Waals surface area (Å²) in [5.74, 6) is 0.00930. The van der Waals surface area contributed by atoms with E-state index in [0.717, 1.165) is 19.3 Å². The van der Waals surface area contributed by atoms with Crippen molar-refractivity contribution >= 4 is 5.78 Å². The Morgan fingerprint density at radius 1 is 1.12 bits per heavy atom. The monoisotopic (exact) mass is 332 g/mol. The van der Waals surface area contributed by atoms with Gasteiger partial charge in [0.15, 0.2) is 17.3 Å². The zero-order valence-corrected chi connectivity index (χ0v) is 15.5. The number of phenolic OH excluding ortho intramolecular Hbond substituents is 2. The molecule has 0 unspecified atom stereocenters. The summed E-state index contributed by atoms with van der Waals surface area (Å²) >= 11 is 0. The quantitative estimate of drug-likeness (QED) is 0.782. The van der Waals surface area contributed by atoms with Gasteiger partial charge in [-0.05, 0) is 24.2 Å². The average Bonchev–Trinajstić information content (AvgIpc) is 2.71. The molecule has 4 heteroatoms. The third kappa shape index (κ3) is 1.95. The second-order valence-electron chi connectivity index (χ2n) is 8.61. The van der Waals surface area contributed by atoms with Gasteiger partial charge in [0, 0.05) is 22.5 Å². The van der Waals surface area contributed by atoms with Crippen molar-refractivity contribution in [3.8, 4) is 17.2 Å². The first kappa shape index (κ1) is 17.1. The molecule has 0 aliphatic heterocycles. The maximum Gasteiger partial charge on any atom is 0.171 e. The second-order valence-corrected chi connectivity index (χ2v) is 8.61. The van der Waals surface area contributed by atoms with Crippen LogP contribution in [0.4, 0.5) is 0 Å². The summed E-state index contributed by atoms with van der Waals surface area (Å²) in [6, 6.07) is 0. The van der Waals surface area contributed by atoms with Crippen LogP contribution in [0.15, 0.2) is 0 Å². The van der Waals surface area contributed by atoms with Crippen LogP contribution in [-0.2, 0) is 5.41 Å². The highest BCUT2D eigenvalue weighted by atomic mass is 16.5. The van der Waals surface area contributed by atoms with Crippen molar-refractivity contribution in [2.45, 2.75) is 65.2 Å². The number of aromatic hydroxyl groups is 2. The first-order valence-corrected chi connectivity index (χ1v) is 8.78. The fraction of sp³-hybridized carbons (Fsp3) is 0.650. The van der Waals surface area contributed by atoms with E-state index in [-0.39, 0.29) is 34.5 Å². The van der Waals surface area contributed by atoms with Crippen molar-refractivity contribution in [2.24, 2.45) is 11.3 Å². The summed E-state index contributed by atoms with van der Waals surface area (Å²) in [6.45, 7) is 10.1. The molecule has 0 spiro atoms. The number of ketones is 1. The number of benzene rings is 1. The molecule has 2 aliphatic carbocycles.